The van der Waals surface area contributed by atoms with Crippen LogP contribution in [0.4, 0.5) is 13.2 Å². The van der Waals surface area contributed by atoms with Gasteiger partial charge in [0.15, 0.2) is 0 Å². The second-order valence-electron chi connectivity index (χ2n) is 7.57. The summed E-state index contributed by atoms with van der Waals surface area (Å²) in [6, 6.07) is 0. The quantitative estimate of drug-likeness (QED) is 0.630. The van der Waals surface area contributed by atoms with Gasteiger partial charge in [-0.15, -0.1) is 0 Å². The summed E-state index contributed by atoms with van der Waals surface area (Å²) in [4.78, 5) is 11.8. The predicted molar refractivity (Wildman–Crippen MR) is 66.1 cm³/mol. The lowest BCUT2D eigenvalue weighted by Crippen LogP contribution is -2.47. The van der Waals surface area contributed by atoms with Crippen LogP contribution < -0.4 is 0 Å². The number of carbonyl (C=O) groups is 1. The van der Waals surface area contributed by atoms with Gasteiger partial charge in [-0.05, 0) is 49.4 Å². The third-order valence-electron chi connectivity index (χ3n) is 6.30. The van der Waals surface area contributed by atoms with Crippen molar-refractivity contribution in [2.45, 2.75) is 55.9 Å². The van der Waals surface area contributed by atoms with Gasteiger partial charge in [0, 0.05) is 6.42 Å². The molecule has 4 rings (SSSR count). The molecule has 116 valence electrons. The van der Waals surface area contributed by atoms with Crippen molar-refractivity contribution in [2.24, 2.45) is 17.3 Å². The van der Waals surface area contributed by atoms with Crippen molar-refractivity contribution in [1.29, 1.82) is 0 Å². The van der Waals surface area contributed by atoms with E-state index in [0.29, 0.717) is 31.1 Å². The Morgan fingerprint density at radius 1 is 1.19 bits per heavy atom. The Hall–Kier alpha value is -1.04. The Morgan fingerprint density at radius 3 is 2.52 bits per heavy atom. The fourth-order valence-corrected chi connectivity index (χ4v) is 5.82. The van der Waals surface area contributed by atoms with E-state index in [1.165, 1.54) is 0 Å². The van der Waals surface area contributed by atoms with Crippen LogP contribution in [0.25, 0.3) is 0 Å². The van der Waals surface area contributed by atoms with E-state index >= 15 is 0 Å². The molecule has 4 aliphatic rings. The van der Waals surface area contributed by atoms with Crippen LogP contribution in [0, 0.1) is 17.3 Å². The fraction of sp³-hybridized carbons (Fsp3) is 0.800. The monoisotopic (exact) mass is 302 g/mol. The molecule has 21 heavy (non-hydrogen) atoms. The first-order valence-electron chi connectivity index (χ1n) is 7.30. The van der Waals surface area contributed by atoms with E-state index in [4.69, 9.17) is 4.74 Å². The van der Waals surface area contributed by atoms with Crippen molar-refractivity contribution in [2.75, 3.05) is 0 Å². The highest BCUT2D eigenvalue weighted by atomic mass is 19.4. The minimum absolute atomic E-state index is 0.00679. The number of ether oxygens (including phenoxy) is 1. The van der Waals surface area contributed by atoms with E-state index in [9.17, 15) is 23.1 Å². The molecular weight excluding hydrogens is 285 g/mol. The molecular formula is C15H17F3O3. The zero-order valence-electron chi connectivity index (χ0n) is 11.5. The van der Waals surface area contributed by atoms with Gasteiger partial charge >= 0.3 is 12.1 Å². The summed E-state index contributed by atoms with van der Waals surface area (Å²) in [7, 11) is 0. The van der Waals surface area contributed by atoms with E-state index in [0.717, 1.165) is 12.8 Å². The molecule has 0 aliphatic heterocycles. The maximum absolute atomic E-state index is 12.6. The molecule has 0 aromatic carbocycles. The molecule has 1 N–H and O–H groups in total. The zero-order chi connectivity index (χ0) is 15.3. The van der Waals surface area contributed by atoms with Crippen molar-refractivity contribution >= 4 is 5.97 Å². The minimum atomic E-state index is -4.77. The minimum Gasteiger partial charge on any atom is -0.455 e. The smallest absolute Gasteiger partial charge is 0.422 e. The van der Waals surface area contributed by atoms with Gasteiger partial charge in [0.1, 0.15) is 11.2 Å². The molecule has 5 unspecified atom stereocenters. The van der Waals surface area contributed by atoms with Gasteiger partial charge in [0.2, 0.25) is 0 Å². The van der Waals surface area contributed by atoms with E-state index in [-0.39, 0.29) is 11.8 Å². The van der Waals surface area contributed by atoms with Crippen LogP contribution in [-0.2, 0) is 9.53 Å². The van der Waals surface area contributed by atoms with Gasteiger partial charge in [-0.25, -0.2) is 4.79 Å². The Kier molecular flexibility index (Phi) is 2.25. The highest BCUT2D eigenvalue weighted by Gasteiger charge is 2.76. The van der Waals surface area contributed by atoms with Crippen LogP contribution in [0.5, 0.6) is 0 Å². The highest BCUT2D eigenvalue weighted by molar-refractivity contribution is 5.89. The second-order valence-corrected chi connectivity index (χ2v) is 7.57. The summed E-state index contributed by atoms with van der Waals surface area (Å²) >= 11 is 0. The van der Waals surface area contributed by atoms with Crippen molar-refractivity contribution < 1.29 is 27.8 Å². The van der Waals surface area contributed by atoms with Gasteiger partial charge < -0.3 is 9.84 Å². The molecule has 5 atom stereocenters. The Morgan fingerprint density at radius 2 is 1.86 bits per heavy atom. The van der Waals surface area contributed by atoms with Crippen LogP contribution in [0.15, 0.2) is 12.2 Å². The number of hydrogen-bond donors (Lipinski definition) is 1. The Labute approximate surface area is 120 Å². The van der Waals surface area contributed by atoms with Gasteiger partial charge in [0.05, 0.1) is 5.60 Å². The highest BCUT2D eigenvalue weighted by Crippen LogP contribution is 2.78. The molecule has 0 amide bonds. The van der Waals surface area contributed by atoms with Crippen molar-refractivity contribution in [1.82, 2.24) is 0 Å². The molecule has 0 heterocycles. The number of hydrogen-bond acceptors (Lipinski definition) is 3. The van der Waals surface area contributed by atoms with Gasteiger partial charge in [-0.2, -0.15) is 13.2 Å². The van der Waals surface area contributed by atoms with Crippen LogP contribution in [0.1, 0.15) is 38.5 Å². The van der Waals surface area contributed by atoms with Gasteiger partial charge in [0.25, 0.3) is 0 Å². The molecule has 4 fully saturated rings. The molecule has 1 spiro atoms. The number of halogens is 3. The van der Waals surface area contributed by atoms with Crippen molar-refractivity contribution in [3.63, 3.8) is 0 Å². The summed E-state index contributed by atoms with van der Waals surface area (Å²) in [5.41, 5.74) is -3.25. The molecule has 0 aromatic rings. The molecule has 0 aromatic heterocycles. The first kappa shape index (κ1) is 13.6. The topological polar surface area (TPSA) is 46.5 Å². The third-order valence-corrected chi connectivity index (χ3v) is 6.30. The number of aliphatic hydroxyl groups is 1. The Bertz CT molecular complexity index is 553. The Balaban J connectivity index is 1.59. The van der Waals surface area contributed by atoms with Gasteiger partial charge in [-0.3, -0.25) is 0 Å². The number of fused-ring (bicyclic) bond motifs is 2. The van der Waals surface area contributed by atoms with E-state index < -0.39 is 28.9 Å². The summed E-state index contributed by atoms with van der Waals surface area (Å²) in [5, 5.41) is 10.6. The first-order chi connectivity index (χ1) is 9.58. The first-order valence-corrected chi connectivity index (χ1v) is 7.30. The molecule has 3 nitrogen and oxygen atoms in total. The van der Waals surface area contributed by atoms with Crippen LogP contribution in [-0.4, -0.2) is 28.5 Å². The molecule has 0 radical (unpaired) electrons. The predicted octanol–water partition coefficient (Wildman–Crippen LogP) is 2.73. The number of carbonyl (C=O) groups excluding carboxylic acids is 1. The SMILES string of the molecule is C=C(C(=O)OC12CC3CC4CC(O)(C1)CC43C2)C(F)(F)F. The molecule has 0 saturated heterocycles. The summed E-state index contributed by atoms with van der Waals surface area (Å²) in [5.74, 6) is -0.561. The number of rotatable bonds is 2. The standard InChI is InChI=1S/C15H17F3O3/c1-8(15(16,17)18)11(19)21-13-4-10-2-9-3-12(20,5-13)6-14(9,10)7-13/h9-10,20H,1-7H2. The normalized spacial score (nSPS) is 49.7. The van der Waals surface area contributed by atoms with Crippen LogP contribution in [0.3, 0.4) is 0 Å². The van der Waals surface area contributed by atoms with Crippen molar-refractivity contribution in [3.8, 4) is 0 Å². The maximum Gasteiger partial charge on any atom is 0.422 e. The summed E-state index contributed by atoms with van der Waals surface area (Å²) in [6.45, 7) is 2.81. The van der Waals surface area contributed by atoms with E-state index in [1.807, 2.05) is 0 Å². The molecule has 4 aliphatic carbocycles. The lowest BCUT2D eigenvalue weighted by Gasteiger charge is -2.49. The summed E-state index contributed by atoms with van der Waals surface area (Å²) in [6.07, 6.45) is -0.890. The molecule has 3 bridgehead atoms. The van der Waals surface area contributed by atoms with Crippen LogP contribution in [0.2, 0.25) is 0 Å². The summed E-state index contributed by atoms with van der Waals surface area (Å²) < 4.78 is 43.0. The maximum atomic E-state index is 12.6. The van der Waals surface area contributed by atoms with Crippen molar-refractivity contribution in [3.05, 3.63) is 12.2 Å². The second kappa shape index (κ2) is 3.47. The van der Waals surface area contributed by atoms with Crippen LogP contribution >= 0.6 is 0 Å². The zero-order valence-corrected chi connectivity index (χ0v) is 11.5. The lowest BCUT2D eigenvalue weighted by atomic mass is 9.56. The average Bonchev–Trinajstić information content (AvgIpc) is 2.60. The fourth-order valence-electron chi connectivity index (χ4n) is 5.82. The average molecular weight is 302 g/mol. The third kappa shape index (κ3) is 1.62. The van der Waals surface area contributed by atoms with E-state index in [2.05, 4.69) is 6.58 Å². The molecule has 4 saturated carbocycles. The number of esters is 1. The van der Waals surface area contributed by atoms with E-state index in [1.54, 1.807) is 0 Å². The molecule has 6 heteroatoms. The lowest BCUT2D eigenvalue weighted by molar-refractivity contribution is -0.174. The number of alkyl halides is 3. The van der Waals surface area contributed by atoms with Gasteiger partial charge in [-0.1, -0.05) is 6.58 Å². The largest absolute Gasteiger partial charge is 0.455 e.